The second-order valence-corrected chi connectivity index (χ2v) is 11.2. The molecule has 3 rings (SSSR count). The first-order chi connectivity index (χ1) is 18.1. The minimum atomic E-state index is -3.68. The lowest BCUT2D eigenvalue weighted by molar-refractivity contribution is -0.136. The van der Waals surface area contributed by atoms with Crippen molar-refractivity contribution in [3.8, 4) is 11.5 Å². The van der Waals surface area contributed by atoms with Gasteiger partial charge in [-0.2, -0.15) is 0 Å². The molecule has 8 nitrogen and oxygen atoms in total. The molecule has 0 saturated carbocycles. The van der Waals surface area contributed by atoms with Crippen LogP contribution in [0.5, 0.6) is 11.5 Å². The number of aryl methyl sites for hydroxylation is 1. The highest BCUT2D eigenvalue weighted by atomic mass is 35.5. The Balaban J connectivity index is 1.69. The lowest BCUT2D eigenvalue weighted by Gasteiger charge is -2.15. The smallest absolute Gasteiger partial charge is 0.303 e. The molecular weight excluding hydrogens is 528 g/mol. The largest absolute Gasteiger partial charge is 0.488 e. The second kappa shape index (κ2) is 14.2. The molecule has 204 valence electrons. The van der Waals surface area contributed by atoms with E-state index in [4.69, 9.17) is 26.2 Å². The van der Waals surface area contributed by atoms with Crippen LogP contribution in [0.15, 0.2) is 71.6 Å². The van der Waals surface area contributed by atoms with E-state index in [1.165, 1.54) is 24.3 Å². The number of carbonyl (C=O) groups is 1. The summed E-state index contributed by atoms with van der Waals surface area (Å²) in [6.45, 7) is 1.72. The standard InChI is InChI=1S/C28H33ClN2O6S/c1-31(2)15-16-36-26-5-3-4-6-27(26)37-20-23-18-21(7-12-28(32)33)17-22(19-23)13-14-30-38(34,35)25-10-8-24(29)9-11-25/h3-6,8-11,17-19,30H,7,12-16,20H2,1-2H3,(H,32,33). The topological polar surface area (TPSA) is 105 Å². The van der Waals surface area contributed by atoms with Crippen molar-refractivity contribution in [2.24, 2.45) is 0 Å². The Morgan fingerprint density at radius 3 is 2.16 bits per heavy atom. The Kier molecular flexibility index (Phi) is 11.0. The quantitative estimate of drug-likeness (QED) is 0.284. The monoisotopic (exact) mass is 560 g/mol. The van der Waals surface area contributed by atoms with E-state index in [2.05, 4.69) is 4.72 Å². The zero-order chi connectivity index (χ0) is 27.5. The maximum atomic E-state index is 12.6. The third kappa shape index (κ3) is 9.64. The molecule has 0 radical (unpaired) electrons. The predicted molar refractivity (Wildman–Crippen MR) is 148 cm³/mol. The van der Waals surface area contributed by atoms with Crippen LogP contribution in [0.3, 0.4) is 0 Å². The SMILES string of the molecule is CN(C)CCOc1ccccc1OCc1cc(CCNS(=O)(=O)c2ccc(Cl)cc2)cc(CCC(=O)O)c1. The van der Waals surface area contributed by atoms with Gasteiger partial charge in [0.25, 0.3) is 0 Å². The lowest BCUT2D eigenvalue weighted by Crippen LogP contribution is -2.26. The van der Waals surface area contributed by atoms with Gasteiger partial charge in [-0.3, -0.25) is 4.79 Å². The number of nitrogens with one attached hydrogen (secondary N) is 1. The minimum absolute atomic E-state index is 0.00447. The third-order valence-electron chi connectivity index (χ3n) is 5.61. The van der Waals surface area contributed by atoms with Crippen molar-refractivity contribution in [2.45, 2.75) is 30.8 Å². The van der Waals surface area contributed by atoms with Crippen LogP contribution in [-0.2, 0) is 34.3 Å². The summed E-state index contributed by atoms with van der Waals surface area (Å²) in [5.74, 6) is 0.375. The molecule has 0 heterocycles. The van der Waals surface area contributed by atoms with Gasteiger partial charge in [0.2, 0.25) is 10.0 Å². The van der Waals surface area contributed by atoms with Gasteiger partial charge in [0.15, 0.2) is 11.5 Å². The molecule has 0 amide bonds. The van der Waals surface area contributed by atoms with Gasteiger partial charge in [0, 0.05) is 24.5 Å². The normalized spacial score (nSPS) is 11.5. The van der Waals surface area contributed by atoms with Crippen LogP contribution in [0.25, 0.3) is 0 Å². The molecule has 0 unspecified atom stereocenters. The summed E-state index contributed by atoms with van der Waals surface area (Å²) in [6, 6.07) is 19.2. The molecule has 38 heavy (non-hydrogen) atoms. The number of hydrogen-bond acceptors (Lipinski definition) is 6. The number of ether oxygens (including phenoxy) is 2. The Morgan fingerprint density at radius 1 is 0.921 bits per heavy atom. The number of benzene rings is 3. The molecule has 0 aliphatic heterocycles. The average Bonchev–Trinajstić information content (AvgIpc) is 2.87. The van der Waals surface area contributed by atoms with Gasteiger partial charge >= 0.3 is 5.97 Å². The zero-order valence-corrected chi connectivity index (χ0v) is 23.1. The Hall–Kier alpha value is -3.11. The van der Waals surface area contributed by atoms with Crippen LogP contribution < -0.4 is 14.2 Å². The number of para-hydroxylation sites is 2. The predicted octanol–water partition coefficient (Wildman–Crippen LogP) is 4.40. The van der Waals surface area contributed by atoms with Crippen LogP contribution in [-0.4, -0.2) is 58.2 Å². The number of rotatable bonds is 15. The first kappa shape index (κ1) is 29.4. The van der Waals surface area contributed by atoms with Crippen molar-refractivity contribution in [2.75, 3.05) is 33.8 Å². The first-order valence-corrected chi connectivity index (χ1v) is 14.1. The molecule has 0 aliphatic rings. The van der Waals surface area contributed by atoms with Gasteiger partial charge in [-0.25, -0.2) is 13.1 Å². The zero-order valence-electron chi connectivity index (χ0n) is 21.5. The molecule has 0 bridgehead atoms. The fourth-order valence-electron chi connectivity index (χ4n) is 3.68. The third-order valence-corrected chi connectivity index (χ3v) is 7.34. The summed E-state index contributed by atoms with van der Waals surface area (Å²) in [5.41, 5.74) is 2.58. The highest BCUT2D eigenvalue weighted by molar-refractivity contribution is 7.89. The molecule has 0 fully saturated rings. The molecule has 10 heteroatoms. The molecule has 3 aromatic rings. The van der Waals surface area contributed by atoms with Crippen molar-refractivity contribution < 1.29 is 27.8 Å². The Bertz CT molecular complexity index is 1310. The van der Waals surface area contributed by atoms with E-state index in [0.717, 1.165) is 23.2 Å². The summed E-state index contributed by atoms with van der Waals surface area (Å²) >= 11 is 5.86. The van der Waals surface area contributed by atoms with E-state index in [0.29, 0.717) is 36.0 Å². The number of halogens is 1. The molecular formula is C28H33ClN2O6S. The lowest BCUT2D eigenvalue weighted by atomic mass is 10.0. The van der Waals surface area contributed by atoms with Gasteiger partial charge < -0.3 is 19.5 Å². The van der Waals surface area contributed by atoms with E-state index in [1.54, 1.807) is 0 Å². The fraction of sp³-hybridized carbons (Fsp3) is 0.321. The summed E-state index contributed by atoms with van der Waals surface area (Å²) < 4.78 is 39.7. The molecule has 2 N–H and O–H groups in total. The molecule has 0 spiro atoms. The van der Waals surface area contributed by atoms with Crippen molar-refractivity contribution >= 4 is 27.6 Å². The molecule has 0 atom stereocenters. The molecule has 3 aromatic carbocycles. The number of sulfonamides is 1. The van der Waals surface area contributed by atoms with Gasteiger partial charge in [-0.15, -0.1) is 0 Å². The number of aliphatic carboxylic acids is 1. The Morgan fingerprint density at radius 2 is 1.53 bits per heavy atom. The van der Waals surface area contributed by atoms with Gasteiger partial charge in [0.05, 0.1) is 4.90 Å². The number of likely N-dealkylation sites (N-methyl/N-ethyl adjacent to an activating group) is 1. The van der Waals surface area contributed by atoms with Gasteiger partial charge in [-0.05, 0) is 80.0 Å². The summed E-state index contributed by atoms with van der Waals surface area (Å²) in [5, 5.41) is 9.59. The van der Waals surface area contributed by atoms with Crippen LogP contribution >= 0.6 is 11.6 Å². The van der Waals surface area contributed by atoms with Crippen LogP contribution in [0.1, 0.15) is 23.1 Å². The first-order valence-electron chi connectivity index (χ1n) is 12.2. The summed E-state index contributed by atoms with van der Waals surface area (Å²) in [7, 11) is 0.270. The highest BCUT2D eigenvalue weighted by Crippen LogP contribution is 2.27. The minimum Gasteiger partial charge on any atom is -0.488 e. The van der Waals surface area contributed by atoms with Crippen molar-refractivity contribution in [3.63, 3.8) is 0 Å². The molecule has 0 saturated heterocycles. The van der Waals surface area contributed by atoms with E-state index >= 15 is 0 Å². The van der Waals surface area contributed by atoms with E-state index in [1.807, 2.05) is 61.5 Å². The number of carboxylic acids is 1. The van der Waals surface area contributed by atoms with Gasteiger partial charge in [0.1, 0.15) is 13.2 Å². The highest BCUT2D eigenvalue weighted by Gasteiger charge is 2.14. The fourth-order valence-corrected chi connectivity index (χ4v) is 4.84. The average molecular weight is 561 g/mol. The number of nitrogens with zero attached hydrogens (tertiary/aromatic N) is 1. The Labute approximate surface area is 229 Å². The van der Waals surface area contributed by atoms with Crippen LogP contribution in [0, 0.1) is 0 Å². The summed E-state index contributed by atoms with van der Waals surface area (Å²) in [4.78, 5) is 13.3. The van der Waals surface area contributed by atoms with E-state index in [-0.39, 0.29) is 24.5 Å². The number of hydrogen-bond donors (Lipinski definition) is 2. The van der Waals surface area contributed by atoms with Crippen molar-refractivity contribution in [3.05, 3.63) is 88.4 Å². The van der Waals surface area contributed by atoms with Crippen LogP contribution in [0.4, 0.5) is 0 Å². The maximum Gasteiger partial charge on any atom is 0.303 e. The molecule has 0 aliphatic carbocycles. The maximum absolute atomic E-state index is 12.6. The summed E-state index contributed by atoms with van der Waals surface area (Å²) in [6.07, 6.45) is 0.775. The van der Waals surface area contributed by atoms with Crippen molar-refractivity contribution in [1.82, 2.24) is 9.62 Å². The second-order valence-electron chi connectivity index (χ2n) is 9.04. The van der Waals surface area contributed by atoms with Crippen LogP contribution in [0.2, 0.25) is 5.02 Å². The molecule has 0 aromatic heterocycles. The van der Waals surface area contributed by atoms with Crippen molar-refractivity contribution in [1.29, 1.82) is 0 Å². The van der Waals surface area contributed by atoms with Gasteiger partial charge in [-0.1, -0.05) is 41.9 Å². The number of carboxylic acid groups (broad SMARTS) is 1. The van der Waals surface area contributed by atoms with E-state index < -0.39 is 16.0 Å². The van der Waals surface area contributed by atoms with E-state index in [9.17, 15) is 13.2 Å².